The molecule has 5 nitrogen and oxygen atoms in total. The fraction of sp³-hybridized carbons (Fsp3) is 0.379. The quantitative estimate of drug-likeness (QED) is 0.537. The number of benzene rings is 2. The number of aryl methyl sites for hydroxylation is 2. The van der Waals surface area contributed by atoms with E-state index in [4.69, 9.17) is 0 Å². The Morgan fingerprint density at radius 3 is 2.46 bits per heavy atom. The lowest BCUT2D eigenvalue weighted by atomic mass is 9.90. The molecular formula is C29H33N3O2S. The number of piperazine rings is 1. The van der Waals surface area contributed by atoms with E-state index in [0.717, 1.165) is 18.5 Å². The smallest absolute Gasteiger partial charge is 0.254 e. The highest BCUT2D eigenvalue weighted by atomic mass is 32.1. The van der Waals surface area contributed by atoms with Gasteiger partial charge < -0.3 is 9.80 Å². The normalized spacial score (nSPS) is 20.5. The molecule has 3 aromatic rings. The molecule has 0 spiro atoms. The van der Waals surface area contributed by atoms with Crippen LogP contribution in [0.4, 0.5) is 0 Å². The van der Waals surface area contributed by atoms with Crippen LogP contribution in [0.3, 0.4) is 0 Å². The van der Waals surface area contributed by atoms with Crippen LogP contribution in [0.5, 0.6) is 0 Å². The highest BCUT2D eigenvalue weighted by Gasteiger charge is 2.35. The lowest BCUT2D eigenvalue weighted by Gasteiger charge is -2.42. The largest absolute Gasteiger partial charge is 0.338 e. The predicted octanol–water partition coefficient (Wildman–Crippen LogP) is 4.69. The van der Waals surface area contributed by atoms with Gasteiger partial charge in [0.15, 0.2) is 0 Å². The van der Waals surface area contributed by atoms with E-state index in [1.807, 2.05) is 59.2 Å². The maximum atomic E-state index is 13.5. The number of carbonyl (C=O) groups excluding carboxylic acids is 2. The minimum Gasteiger partial charge on any atom is -0.338 e. The van der Waals surface area contributed by atoms with Crippen LogP contribution in [0.2, 0.25) is 0 Å². The Hall–Kier alpha value is -2.96. The minimum absolute atomic E-state index is 0.0153. The van der Waals surface area contributed by atoms with E-state index in [0.29, 0.717) is 31.7 Å². The van der Waals surface area contributed by atoms with Crippen molar-refractivity contribution in [2.45, 2.75) is 39.3 Å². The van der Waals surface area contributed by atoms with Crippen LogP contribution in [-0.2, 0) is 11.2 Å². The molecule has 1 aromatic heterocycles. The molecule has 1 saturated heterocycles. The fourth-order valence-electron chi connectivity index (χ4n) is 5.42. The van der Waals surface area contributed by atoms with Crippen LogP contribution < -0.4 is 0 Å². The van der Waals surface area contributed by atoms with E-state index in [1.54, 1.807) is 0 Å². The van der Waals surface area contributed by atoms with E-state index >= 15 is 0 Å². The van der Waals surface area contributed by atoms with Crippen LogP contribution in [0.1, 0.15) is 50.5 Å². The molecule has 2 amide bonds. The number of amides is 2. The summed E-state index contributed by atoms with van der Waals surface area (Å²) in [7, 11) is 0. The summed E-state index contributed by atoms with van der Waals surface area (Å²) in [5.41, 5.74) is 5.72. The van der Waals surface area contributed by atoms with Gasteiger partial charge in [0.2, 0.25) is 5.91 Å². The zero-order valence-electron chi connectivity index (χ0n) is 20.7. The number of thiophene rings is 1. The summed E-state index contributed by atoms with van der Waals surface area (Å²) >= 11 is 1.82. The molecule has 0 radical (unpaired) electrons. The Morgan fingerprint density at radius 2 is 1.71 bits per heavy atom. The molecule has 2 aromatic carbocycles. The first-order valence-electron chi connectivity index (χ1n) is 12.4. The van der Waals surface area contributed by atoms with Crippen LogP contribution in [-0.4, -0.2) is 65.3 Å². The second-order valence-corrected chi connectivity index (χ2v) is 10.8. The summed E-state index contributed by atoms with van der Waals surface area (Å²) in [6.45, 7) is 9.20. The van der Waals surface area contributed by atoms with Gasteiger partial charge in [-0.1, -0.05) is 42.0 Å². The highest BCUT2D eigenvalue weighted by Crippen LogP contribution is 2.38. The van der Waals surface area contributed by atoms with E-state index < -0.39 is 0 Å². The second kappa shape index (κ2) is 9.96. The Kier molecular flexibility index (Phi) is 6.76. The van der Waals surface area contributed by atoms with Crippen molar-refractivity contribution in [2.24, 2.45) is 0 Å². The summed E-state index contributed by atoms with van der Waals surface area (Å²) in [6.07, 6.45) is 0.984. The number of carbonyl (C=O) groups is 2. The number of rotatable bonds is 4. The lowest BCUT2D eigenvalue weighted by molar-refractivity contribution is -0.135. The SMILES string of the molecule is Cc1ccc(C(=O)N2CCN(C(=O)CN3CCc4sccc4[C@@H]3c3ccccc3C)C[C@H]2C)cc1. The van der Waals surface area contributed by atoms with E-state index in [1.165, 1.54) is 21.6 Å². The Labute approximate surface area is 212 Å². The van der Waals surface area contributed by atoms with Crippen LogP contribution in [0, 0.1) is 13.8 Å². The van der Waals surface area contributed by atoms with E-state index in [9.17, 15) is 9.59 Å². The molecule has 2 aliphatic heterocycles. The van der Waals surface area contributed by atoms with Gasteiger partial charge in [-0.3, -0.25) is 14.5 Å². The summed E-state index contributed by atoms with van der Waals surface area (Å²) in [6, 6.07) is 18.6. The van der Waals surface area contributed by atoms with Crippen molar-refractivity contribution in [1.82, 2.24) is 14.7 Å². The molecular weight excluding hydrogens is 454 g/mol. The van der Waals surface area contributed by atoms with Crippen molar-refractivity contribution >= 4 is 23.2 Å². The molecule has 2 aliphatic rings. The first-order valence-corrected chi connectivity index (χ1v) is 13.3. The van der Waals surface area contributed by atoms with E-state index in [-0.39, 0.29) is 23.9 Å². The third-order valence-corrected chi connectivity index (χ3v) is 8.42. The molecule has 3 heterocycles. The number of hydrogen-bond acceptors (Lipinski definition) is 4. The first-order chi connectivity index (χ1) is 16.9. The van der Waals surface area contributed by atoms with Gasteiger partial charge in [-0.2, -0.15) is 0 Å². The molecule has 0 N–H and O–H groups in total. The predicted molar refractivity (Wildman–Crippen MR) is 141 cm³/mol. The van der Waals surface area contributed by atoms with Gasteiger partial charge in [0.05, 0.1) is 12.6 Å². The summed E-state index contributed by atoms with van der Waals surface area (Å²) in [4.78, 5) is 34.2. The van der Waals surface area contributed by atoms with Gasteiger partial charge >= 0.3 is 0 Å². The molecule has 0 bridgehead atoms. The van der Waals surface area contributed by atoms with Gasteiger partial charge in [0, 0.05) is 42.7 Å². The third-order valence-electron chi connectivity index (χ3n) is 7.43. The molecule has 35 heavy (non-hydrogen) atoms. The Morgan fingerprint density at radius 1 is 0.943 bits per heavy atom. The van der Waals surface area contributed by atoms with Crippen molar-refractivity contribution in [3.63, 3.8) is 0 Å². The zero-order valence-corrected chi connectivity index (χ0v) is 21.6. The average molecular weight is 488 g/mol. The van der Waals surface area contributed by atoms with Crippen LogP contribution in [0.15, 0.2) is 60.0 Å². The highest BCUT2D eigenvalue weighted by molar-refractivity contribution is 7.10. The number of fused-ring (bicyclic) bond motifs is 1. The molecule has 1 fully saturated rings. The number of nitrogens with zero attached hydrogens (tertiary/aromatic N) is 3. The van der Waals surface area contributed by atoms with Crippen molar-refractivity contribution in [2.75, 3.05) is 32.7 Å². The van der Waals surface area contributed by atoms with Crippen LogP contribution in [0.25, 0.3) is 0 Å². The molecule has 2 atom stereocenters. The third kappa shape index (κ3) is 4.78. The second-order valence-electron chi connectivity index (χ2n) is 9.83. The summed E-state index contributed by atoms with van der Waals surface area (Å²) in [5.74, 6) is 0.196. The van der Waals surface area contributed by atoms with Crippen molar-refractivity contribution in [1.29, 1.82) is 0 Å². The monoisotopic (exact) mass is 487 g/mol. The van der Waals surface area contributed by atoms with Crippen molar-refractivity contribution < 1.29 is 9.59 Å². The molecule has 5 rings (SSSR count). The van der Waals surface area contributed by atoms with E-state index in [2.05, 4.69) is 47.5 Å². The summed E-state index contributed by atoms with van der Waals surface area (Å²) in [5, 5.41) is 2.17. The Balaban J connectivity index is 1.28. The van der Waals surface area contributed by atoms with Crippen molar-refractivity contribution in [3.8, 4) is 0 Å². The van der Waals surface area contributed by atoms with Gasteiger partial charge in [-0.25, -0.2) is 0 Å². The van der Waals surface area contributed by atoms with Gasteiger partial charge in [0.1, 0.15) is 0 Å². The zero-order chi connectivity index (χ0) is 24.5. The minimum atomic E-state index is -0.0153. The molecule has 0 aliphatic carbocycles. The van der Waals surface area contributed by atoms with Gasteiger partial charge in [0.25, 0.3) is 5.91 Å². The molecule has 0 saturated carbocycles. The maximum absolute atomic E-state index is 13.5. The van der Waals surface area contributed by atoms with Crippen molar-refractivity contribution in [3.05, 3.63) is 92.7 Å². The lowest BCUT2D eigenvalue weighted by Crippen LogP contribution is -2.57. The van der Waals surface area contributed by atoms with Gasteiger partial charge in [-0.05, 0) is 67.5 Å². The standard InChI is InChI=1S/C29H33N3O2S/c1-20-8-10-23(11-9-20)29(34)32-16-15-30(18-22(32)3)27(33)19-31-14-12-26-25(13-17-35-26)28(31)24-7-5-4-6-21(24)2/h4-11,13,17,22,28H,12,14-16,18-19H2,1-3H3/t22-,28+/m1/s1. The summed E-state index contributed by atoms with van der Waals surface area (Å²) < 4.78 is 0. The topological polar surface area (TPSA) is 43.9 Å². The molecule has 6 heteroatoms. The molecule has 182 valence electrons. The fourth-order valence-corrected chi connectivity index (χ4v) is 6.32. The molecule has 0 unspecified atom stereocenters. The average Bonchev–Trinajstić information content (AvgIpc) is 3.33. The Bertz CT molecular complexity index is 1220. The number of hydrogen-bond donors (Lipinski definition) is 0. The van der Waals surface area contributed by atoms with Gasteiger partial charge in [-0.15, -0.1) is 11.3 Å². The van der Waals surface area contributed by atoms with Crippen LogP contribution >= 0.6 is 11.3 Å². The maximum Gasteiger partial charge on any atom is 0.254 e. The first kappa shape index (κ1) is 23.8.